The zero-order valence-corrected chi connectivity index (χ0v) is 11.4. The van der Waals surface area contributed by atoms with Crippen LogP contribution in [0.3, 0.4) is 0 Å². The normalized spacial score (nSPS) is 24.9. The Hall–Kier alpha value is -1.26. The summed E-state index contributed by atoms with van der Waals surface area (Å²) >= 11 is 0. The average molecular weight is 255 g/mol. The number of carbonyl (C=O) groups excluding carboxylic acids is 1. The molecule has 0 aromatic heterocycles. The Morgan fingerprint density at radius 2 is 2.00 bits per heavy atom. The molecule has 3 N–H and O–H groups in total. The summed E-state index contributed by atoms with van der Waals surface area (Å²) in [5, 5.41) is 11.6. The second kappa shape index (κ2) is 7.24. The number of carbonyl (C=O) groups is 1. The molecule has 0 unspecified atom stereocenters. The summed E-state index contributed by atoms with van der Waals surface area (Å²) in [7, 11) is 0. The van der Waals surface area contributed by atoms with Crippen molar-refractivity contribution in [1.29, 1.82) is 0 Å². The third-order valence-corrected chi connectivity index (χ3v) is 3.65. The van der Waals surface area contributed by atoms with E-state index in [2.05, 4.69) is 12.1 Å². The van der Waals surface area contributed by atoms with Crippen molar-refractivity contribution < 1.29 is 10.0 Å². The van der Waals surface area contributed by atoms with Gasteiger partial charge < -0.3 is 15.8 Å². The molecule has 0 aromatic rings. The van der Waals surface area contributed by atoms with E-state index < -0.39 is 0 Å². The lowest BCUT2D eigenvalue weighted by Crippen LogP contribution is -2.43. The molecule has 0 heterocycles. The van der Waals surface area contributed by atoms with Crippen LogP contribution in [0, 0.1) is 11.8 Å². The maximum atomic E-state index is 12.4. The van der Waals surface area contributed by atoms with E-state index in [4.69, 9.17) is 10.9 Å². The van der Waals surface area contributed by atoms with Crippen molar-refractivity contribution in [1.82, 2.24) is 4.90 Å². The van der Waals surface area contributed by atoms with Crippen molar-refractivity contribution in [3.05, 3.63) is 0 Å². The van der Waals surface area contributed by atoms with Gasteiger partial charge in [0.2, 0.25) is 5.91 Å². The Kier molecular flexibility index (Phi) is 5.95. The fourth-order valence-electron chi connectivity index (χ4n) is 2.53. The number of rotatable bonds is 5. The highest BCUT2D eigenvalue weighted by Crippen LogP contribution is 2.29. The Morgan fingerprint density at radius 3 is 2.50 bits per heavy atom. The van der Waals surface area contributed by atoms with Crippen LogP contribution in [0.2, 0.25) is 0 Å². The quantitative estimate of drug-likeness (QED) is 0.340. The predicted octanol–water partition coefficient (Wildman–Crippen LogP) is 1.80. The zero-order chi connectivity index (χ0) is 13.5. The summed E-state index contributed by atoms with van der Waals surface area (Å²) in [6, 6.07) is 0. The van der Waals surface area contributed by atoms with Crippen molar-refractivity contribution in [2.75, 3.05) is 13.1 Å². The molecule has 1 aliphatic rings. The van der Waals surface area contributed by atoms with E-state index in [9.17, 15) is 4.79 Å². The molecule has 1 amide bonds. The molecule has 5 heteroatoms. The van der Waals surface area contributed by atoms with Crippen LogP contribution in [0.5, 0.6) is 0 Å². The number of hydrogen-bond donors (Lipinski definition) is 2. The molecule has 5 nitrogen and oxygen atoms in total. The lowest BCUT2D eigenvalue weighted by Gasteiger charge is -2.30. The highest BCUT2D eigenvalue weighted by atomic mass is 16.4. The Morgan fingerprint density at radius 1 is 1.39 bits per heavy atom. The minimum absolute atomic E-state index is 0.0981. The molecule has 1 fully saturated rings. The van der Waals surface area contributed by atoms with Gasteiger partial charge in [0.1, 0.15) is 0 Å². The van der Waals surface area contributed by atoms with Crippen LogP contribution in [-0.4, -0.2) is 34.9 Å². The molecule has 0 aromatic carbocycles. The molecule has 0 atom stereocenters. The van der Waals surface area contributed by atoms with Crippen molar-refractivity contribution in [3.8, 4) is 0 Å². The van der Waals surface area contributed by atoms with Gasteiger partial charge in [0.05, 0.1) is 6.54 Å². The van der Waals surface area contributed by atoms with E-state index in [1.807, 2.05) is 6.92 Å². The van der Waals surface area contributed by atoms with Gasteiger partial charge in [-0.15, -0.1) is 0 Å². The van der Waals surface area contributed by atoms with E-state index in [1.54, 1.807) is 4.90 Å². The summed E-state index contributed by atoms with van der Waals surface area (Å²) in [6.07, 6.45) is 5.07. The first-order valence-corrected chi connectivity index (χ1v) is 6.83. The molecule has 104 valence electrons. The third-order valence-electron chi connectivity index (χ3n) is 3.65. The average Bonchev–Trinajstić information content (AvgIpc) is 2.38. The van der Waals surface area contributed by atoms with Gasteiger partial charge in [-0.05, 0) is 38.0 Å². The number of nitrogens with two attached hydrogens (primary N) is 1. The van der Waals surface area contributed by atoms with Crippen molar-refractivity contribution in [3.63, 3.8) is 0 Å². The number of oxime groups is 1. The van der Waals surface area contributed by atoms with E-state index in [-0.39, 0.29) is 24.2 Å². The fourth-order valence-corrected chi connectivity index (χ4v) is 2.53. The number of amides is 1. The Balaban J connectivity index is 2.58. The monoisotopic (exact) mass is 255 g/mol. The van der Waals surface area contributed by atoms with Crippen LogP contribution < -0.4 is 5.73 Å². The molecule has 1 rings (SSSR count). The van der Waals surface area contributed by atoms with Crippen molar-refractivity contribution >= 4 is 11.7 Å². The van der Waals surface area contributed by atoms with Gasteiger partial charge in [-0.3, -0.25) is 4.79 Å². The molecule has 1 aliphatic carbocycles. The summed E-state index contributed by atoms with van der Waals surface area (Å²) in [5.74, 6) is 1.12. The second-order valence-electron chi connectivity index (χ2n) is 5.31. The summed E-state index contributed by atoms with van der Waals surface area (Å²) in [6.45, 7) is 5.16. The van der Waals surface area contributed by atoms with Gasteiger partial charge in [-0.25, -0.2) is 0 Å². The lowest BCUT2D eigenvalue weighted by atomic mass is 9.82. The smallest absolute Gasteiger partial charge is 0.226 e. The van der Waals surface area contributed by atoms with E-state index in [0.29, 0.717) is 6.54 Å². The van der Waals surface area contributed by atoms with Crippen LogP contribution in [0.15, 0.2) is 5.16 Å². The van der Waals surface area contributed by atoms with Crippen LogP contribution in [-0.2, 0) is 4.79 Å². The van der Waals surface area contributed by atoms with Crippen LogP contribution in [0.4, 0.5) is 0 Å². The Labute approximate surface area is 109 Å². The van der Waals surface area contributed by atoms with Gasteiger partial charge >= 0.3 is 0 Å². The minimum Gasteiger partial charge on any atom is -0.409 e. The summed E-state index contributed by atoms with van der Waals surface area (Å²) in [4.78, 5) is 14.1. The van der Waals surface area contributed by atoms with Crippen molar-refractivity contribution in [2.24, 2.45) is 22.7 Å². The number of hydrogen-bond acceptors (Lipinski definition) is 3. The van der Waals surface area contributed by atoms with E-state index in [1.165, 1.54) is 0 Å². The second-order valence-corrected chi connectivity index (χ2v) is 5.31. The third kappa shape index (κ3) is 4.20. The highest BCUT2D eigenvalue weighted by Gasteiger charge is 2.28. The van der Waals surface area contributed by atoms with Gasteiger partial charge in [0, 0.05) is 12.5 Å². The Bertz CT molecular complexity index is 297. The van der Waals surface area contributed by atoms with Gasteiger partial charge in [0.15, 0.2) is 5.84 Å². The first-order valence-electron chi connectivity index (χ1n) is 6.83. The molecule has 0 aliphatic heterocycles. The van der Waals surface area contributed by atoms with Gasteiger partial charge in [0.25, 0.3) is 0 Å². The summed E-state index contributed by atoms with van der Waals surface area (Å²) < 4.78 is 0. The molecular formula is C13H25N3O2. The molecule has 0 radical (unpaired) electrons. The van der Waals surface area contributed by atoms with Crippen LogP contribution in [0.1, 0.15) is 46.0 Å². The molecule has 0 saturated heterocycles. The lowest BCUT2D eigenvalue weighted by molar-refractivity contribution is -0.136. The highest BCUT2D eigenvalue weighted by molar-refractivity contribution is 5.87. The molecule has 0 spiro atoms. The first-order chi connectivity index (χ1) is 8.58. The van der Waals surface area contributed by atoms with Gasteiger partial charge in [-0.1, -0.05) is 19.0 Å². The predicted molar refractivity (Wildman–Crippen MR) is 71.4 cm³/mol. The number of nitrogens with zero attached hydrogens (tertiary/aromatic N) is 2. The molecule has 18 heavy (non-hydrogen) atoms. The number of amidine groups is 1. The topological polar surface area (TPSA) is 78.9 Å². The van der Waals surface area contributed by atoms with E-state index in [0.717, 1.165) is 38.0 Å². The summed E-state index contributed by atoms with van der Waals surface area (Å²) in [5.41, 5.74) is 5.50. The zero-order valence-electron chi connectivity index (χ0n) is 11.4. The van der Waals surface area contributed by atoms with Crippen LogP contribution >= 0.6 is 0 Å². The maximum Gasteiger partial charge on any atom is 0.226 e. The first kappa shape index (κ1) is 14.8. The molecule has 1 saturated carbocycles. The molecule has 0 bridgehead atoms. The SMILES string of the molecule is CCCN(CC(N)=NO)C(=O)C1CCC(C)CC1. The van der Waals surface area contributed by atoms with Crippen molar-refractivity contribution in [2.45, 2.75) is 46.0 Å². The van der Waals surface area contributed by atoms with E-state index >= 15 is 0 Å². The largest absolute Gasteiger partial charge is 0.409 e. The standard InChI is InChI=1S/C13H25N3O2/c1-3-8-16(9-12(14)15-18)13(17)11-6-4-10(2)5-7-11/h10-11,18H,3-9H2,1-2H3,(H2,14,15). The maximum absolute atomic E-state index is 12.4. The molecular weight excluding hydrogens is 230 g/mol. The fraction of sp³-hybridized carbons (Fsp3) is 0.846. The van der Waals surface area contributed by atoms with Crippen LogP contribution in [0.25, 0.3) is 0 Å². The van der Waals surface area contributed by atoms with Gasteiger partial charge in [-0.2, -0.15) is 0 Å². The minimum atomic E-state index is 0.0981.